The second-order valence-electron chi connectivity index (χ2n) is 5.28. The lowest BCUT2D eigenvalue weighted by atomic mass is 10.1. The monoisotopic (exact) mass is 327 g/mol. The summed E-state index contributed by atoms with van der Waals surface area (Å²) in [7, 11) is -3.45. The molecule has 0 aliphatic carbocycles. The molecule has 0 aromatic heterocycles. The number of aryl methyl sites for hydroxylation is 1. The number of sulfonamides is 1. The number of hydrogen-bond donors (Lipinski definition) is 1. The van der Waals surface area contributed by atoms with Crippen LogP contribution in [0.4, 0.5) is 11.4 Å². The van der Waals surface area contributed by atoms with Crippen LogP contribution in [0.1, 0.15) is 18.4 Å². The third kappa shape index (κ3) is 3.42. The lowest BCUT2D eigenvalue weighted by Gasteiger charge is -2.21. The number of nitro benzene ring substituents is 1. The van der Waals surface area contributed by atoms with E-state index in [1.807, 2.05) is 0 Å². The normalized spacial score (nSPS) is 19.1. The Morgan fingerprint density at radius 2 is 2.14 bits per heavy atom. The average Bonchev–Trinajstić information content (AvgIpc) is 2.90. The first-order valence-corrected chi connectivity index (χ1v) is 8.57. The summed E-state index contributed by atoms with van der Waals surface area (Å²) in [5.41, 5.74) is 0.675. The van der Waals surface area contributed by atoms with Gasteiger partial charge >= 0.3 is 0 Å². The van der Waals surface area contributed by atoms with Gasteiger partial charge in [-0.3, -0.25) is 14.9 Å². The fraction of sp³-hybridized carbons (Fsp3) is 0.462. The van der Waals surface area contributed by atoms with Crippen LogP contribution in [0.25, 0.3) is 0 Å². The van der Waals surface area contributed by atoms with Gasteiger partial charge in [-0.05, 0) is 25.8 Å². The molecule has 9 heteroatoms. The molecule has 22 heavy (non-hydrogen) atoms. The average molecular weight is 327 g/mol. The standard InChI is InChI=1S/C13H17N3O5S/c1-9-5-6-10(8-12(9)16(18)19)14-13(17)11-4-3-7-15(11)22(2,20)21/h5-6,8,11H,3-4,7H2,1-2H3,(H,14,17). The maximum atomic E-state index is 12.3. The summed E-state index contributed by atoms with van der Waals surface area (Å²) in [6, 6.07) is 3.60. The minimum absolute atomic E-state index is 0.0933. The van der Waals surface area contributed by atoms with E-state index in [1.54, 1.807) is 13.0 Å². The van der Waals surface area contributed by atoms with E-state index in [0.717, 1.165) is 10.6 Å². The van der Waals surface area contributed by atoms with Crippen LogP contribution in [0.3, 0.4) is 0 Å². The van der Waals surface area contributed by atoms with E-state index in [-0.39, 0.29) is 11.4 Å². The van der Waals surface area contributed by atoms with Crippen molar-refractivity contribution < 1.29 is 18.1 Å². The topological polar surface area (TPSA) is 110 Å². The molecule has 120 valence electrons. The van der Waals surface area contributed by atoms with Crippen LogP contribution in [0.5, 0.6) is 0 Å². The number of rotatable bonds is 4. The molecule has 2 rings (SSSR count). The van der Waals surface area contributed by atoms with Gasteiger partial charge in [-0.15, -0.1) is 0 Å². The van der Waals surface area contributed by atoms with Crippen LogP contribution in [0, 0.1) is 17.0 Å². The number of nitro groups is 1. The molecule has 1 saturated heterocycles. The van der Waals surface area contributed by atoms with Gasteiger partial charge in [0, 0.05) is 23.9 Å². The zero-order valence-corrected chi connectivity index (χ0v) is 13.1. The molecule has 1 unspecified atom stereocenters. The lowest BCUT2D eigenvalue weighted by Crippen LogP contribution is -2.42. The van der Waals surface area contributed by atoms with Gasteiger partial charge < -0.3 is 5.32 Å². The molecule has 1 amide bonds. The van der Waals surface area contributed by atoms with Gasteiger partial charge in [0.05, 0.1) is 11.2 Å². The molecule has 0 saturated carbocycles. The molecule has 8 nitrogen and oxygen atoms in total. The highest BCUT2D eigenvalue weighted by atomic mass is 32.2. The van der Waals surface area contributed by atoms with Crippen LogP contribution in [0.15, 0.2) is 18.2 Å². The van der Waals surface area contributed by atoms with Gasteiger partial charge in [0.25, 0.3) is 5.69 Å². The third-order valence-corrected chi connectivity index (χ3v) is 4.89. The van der Waals surface area contributed by atoms with Crippen LogP contribution in [0.2, 0.25) is 0 Å². The lowest BCUT2D eigenvalue weighted by molar-refractivity contribution is -0.385. The van der Waals surface area contributed by atoms with Gasteiger partial charge in [0.1, 0.15) is 6.04 Å². The number of amides is 1. The highest BCUT2D eigenvalue weighted by molar-refractivity contribution is 7.88. The first-order chi connectivity index (χ1) is 10.2. The van der Waals surface area contributed by atoms with Gasteiger partial charge in [-0.1, -0.05) is 6.07 Å². The van der Waals surface area contributed by atoms with E-state index in [1.165, 1.54) is 12.1 Å². The number of hydrogen-bond acceptors (Lipinski definition) is 5. The third-order valence-electron chi connectivity index (χ3n) is 3.61. The first-order valence-electron chi connectivity index (χ1n) is 6.73. The van der Waals surface area contributed by atoms with Crippen molar-refractivity contribution in [1.29, 1.82) is 0 Å². The molecule has 0 spiro atoms. The Labute approximate surface area is 128 Å². The summed E-state index contributed by atoms with van der Waals surface area (Å²) >= 11 is 0. The molecule has 1 aliphatic heterocycles. The molecule has 0 bridgehead atoms. The first kappa shape index (κ1) is 16.4. The van der Waals surface area contributed by atoms with Crippen LogP contribution in [-0.4, -0.2) is 42.4 Å². The van der Waals surface area contributed by atoms with E-state index in [9.17, 15) is 23.3 Å². The minimum Gasteiger partial charge on any atom is -0.324 e. The summed E-state index contributed by atoms with van der Waals surface area (Å²) in [5.74, 6) is -0.471. The fourth-order valence-electron chi connectivity index (χ4n) is 2.51. The van der Waals surface area contributed by atoms with Crippen molar-refractivity contribution in [2.75, 3.05) is 18.1 Å². The van der Waals surface area contributed by atoms with Crippen molar-refractivity contribution in [3.8, 4) is 0 Å². The minimum atomic E-state index is -3.45. The van der Waals surface area contributed by atoms with Gasteiger partial charge in [0.15, 0.2) is 0 Å². The number of nitrogens with one attached hydrogen (secondary N) is 1. The van der Waals surface area contributed by atoms with Crippen molar-refractivity contribution in [2.45, 2.75) is 25.8 Å². The fourth-order valence-corrected chi connectivity index (χ4v) is 3.63. The second-order valence-corrected chi connectivity index (χ2v) is 7.21. The van der Waals surface area contributed by atoms with Gasteiger partial charge in [0.2, 0.25) is 15.9 Å². The Morgan fingerprint density at radius 1 is 1.45 bits per heavy atom. The second kappa shape index (κ2) is 6.01. The SMILES string of the molecule is Cc1ccc(NC(=O)C2CCCN2S(C)(=O)=O)cc1[N+](=O)[O-]. The summed E-state index contributed by atoms with van der Waals surface area (Å²) in [4.78, 5) is 22.6. The van der Waals surface area contributed by atoms with E-state index >= 15 is 0 Å². The number of benzene rings is 1. The largest absolute Gasteiger partial charge is 0.324 e. The maximum absolute atomic E-state index is 12.3. The number of anilines is 1. The maximum Gasteiger partial charge on any atom is 0.274 e. The van der Waals surface area contributed by atoms with E-state index in [0.29, 0.717) is 24.9 Å². The Morgan fingerprint density at radius 3 is 2.73 bits per heavy atom. The highest BCUT2D eigenvalue weighted by Gasteiger charge is 2.36. The molecular formula is C13H17N3O5S. The predicted octanol–water partition coefficient (Wildman–Crippen LogP) is 1.27. The highest BCUT2D eigenvalue weighted by Crippen LogP contribution is 2.25. The van der Waals surface area contributed by atoms with Crippen molar-refractivity contribution >= 4 is 27.3 Å². The Balaban J connectivity index is 2.19. The molecule has 1 atom stereocenters. The zero-order valence-electron chi connectivity index (χ0n) is 12.3. The molecule has 1 heterocycles. The van der Waals surface area contributed by atoms with Crippen molar-refractivity contribution in [3.63, 3.8) is 0 Å². The number of carbonyl (C=O) groups is 1. The van der Waals surface area contributed by atoms with Crippen LogP contribution in [-0.2, 0) is 14.8 Å². The van der Waals surface area contributed by atoms with Gasteiger partial charge in [-0.2, -0.15) is 4.31 Å². The van der Waals surface area contributed by atoms with E-state index in [2.05, 4.69) is 5.32 Å². The number of nitrogens with zero attached hydrogens (tertiary/aromatic N) is 2. The summed E-state index contributed by atoms with van der Waals surface area (Å²) in [6.07, 6.45) is 2.11. The Kier molecular flexibility index (Phi) is 4.47. The molecule has 1 aromatic carbocycles. The van der Waals surface area contributed by atoms with Crippen molar-refractivity contribution in [3.05, 3.63) is 33.9 Å². The summed E-state index contributed by atoms with van der Waals surface area (Å²) in [5, 5.41) is 13.5. The van der Waals surface area contributed by atoms with Crippen molar-refractivity contribution in [1.82, 2.24) is 4.31 Å². The Hall–Kier alpha value is -2.00. The molecule has 1 aromatic rings. The van der Waals surface area contributed by atoms with Gasteiger partial charge in [-0.25, -0.2) is 8.42 Å². The van der Waals surface area contributed by atoms with Crippen molar-refractivity contribution in [2.24, 2.45) is 0 Å². The molecular weight excluding hydrogens is 310 g/mol. The summed E-state index contributed by atoms with van der Waals surface area (Å²) in [6.45, 7) is 1.91. The van der Waals surface area contributed by atoms with E-state index < -0.39 is 26.9 Å². The zero-order chi connectivity index (χ0) is 16.5. The summed E-state index contributed by atoms with van der Waals surface area (Å²) < 4.78 is 24.4. The molecule has 1 fully saturated rings. The molecule has 1 aliphatic rings. The van der Waals surface area contributed by atoms with E-state index in [4.69, 9.17) is 0 Å². The molecule has 0 radical (unpaired) electrons. The quantitative estimate of drug-likeness (QED) is 0.661. The molecule has 1 N–H and O–H groups in total. The Bertz CT molecular complexity index is 716. The van der Waals surface area contributed by atoms with Crippen LogP contribution >= 0.6 is 0 Å². The predicted molar refractivity (Wildman–Crippen MR) is 81.0 cm³/mol. The van der Waals surface area contributed by atoms with Crippen LogP contribution < -0.4 is 5.32 Å². The smallest absolute Gasteiger partial charge is 0.274 e. The number of carbonyl (C=O) groups excluding carboxylic acids is 1.